The van der Waals surface area contributed by atoms with Crippen LogP contribution >= 0.6 is 0 Å². The molecule has 27 heavy (non-hydrogen) atoms. The number of hydrogen-bond acceptors (Lipinski definition) is 5. The molecule has 0 aliphatic carbocycles. The molecule has 0 bridgehead atoms. The van der Waals surface area contributed by atoms with Crippen molar-refractivity contribution in [3.63, 3.8) is 0 Å². The molecular formula is C18H21N3O5S. The van der Waals surface area contributed by atoms with Crippen LogP contribution in [0.25, 0.3) is 0 Å². The number of sulfonamides is 1. The first-order valence-corrected chi connectivity index (χ1v) is 9.56. The molecule has 8 nitrogen and oxygen atoms in total. The van der Waals surface area contributed by atoms with Gasteiger partial charge in [0.05, 0.1) is 11.5 Å². The first-order valence-electron chi connectivity index (χ1n) is 8.12. The summed E-state index contributed by atoms with van der Waals surface area (Å²) in [7, 11) is -0.739. The second kappa shape index (κ2) is 8.65. The fraction of sp³-hybridized carbons (Fsp3) is 0.222. The first kappa shape index (κ1) is 20.4. The quantitative estimate of drug-likeness (QED) is 0.788. The van der Waals surface area contributed by atoms with E-state index in [-0.39, 0.29) is 11.5 Å². The van der Waals surface area contributed by atoms with E-state index in [9.17, 15) is 18.0 Å². The molecule has 144 valence electrons. The van der Waals surface area contributed by atoms with Crippen molar-refractivity contribution in [1.29, 1.82) is 0 Å². The summed E-state index contributed by atoms with van der Waals surface area (Å²) >= 11 is 0. The van der Waals surface area contributed by atoms with Crippen molar-refractivity contribution in [3.8, 4) is 0 Å². The molecule has 0 aliphatic heterocycles. The van der Waals surface area contributed by atoms with Gasteiger partial charge in [-0.15, -0.1) is 0 Å². The van der Waals surface area contributed by atoms with Crippen LogP contribution in [-0.4, -0.2) is 45.4 Å². The van der Waals surface area contributed by atoms with Crippen molar-refractivity contribution < 1.29 is 22.7 Å². The Morgan fingerprint density at radius 2 is 1.63 bits per heavy atom. The highest BCUT2D eigenvalue weighted by Crippen LogP contribution is 2.19. The molecule has 0 atom stereocenters. The lowest BCUT2D eigenvalue weighted by atomic mass is 10.2. The molecule has 0 fully saturated rings. The second-order valence-electron chi connectivity index (χ2n) is 5.70. The fourth-order valence-electron chi connectivity index (χ4n) is 2.17. The highest BCUT2D eigenvalue weighted by molar-refractivity contribution is 7.89. The zero-order valence-corrected chi connectivity index (χ0v) is 16.0. The van der Waals surface area contributed by atoms with Gasteiger partial charge in [0.1, 0.15) is 0 Å². The van der Waals surface area contributed by atoms with Crippen LogP contribution in [0.3, 0.4) is 0 Å². The SMILES string of the molecule is CCOC(=O)Nc1cccc(C(=O)Nc2cccc(S(=O)(=O)N(C)C)c2)c1. The van der Waals surface area contributed by atoms with Gasteiger partial charge in [-0.05, 0) is 43.3 Å². The normalized spacial score (nSPS) is 11.1. The summed E-state index contributed by atoms with van der Waals surface area (Å²) in [5, 5.41) is 5.17. The molecule has 2 aromatic rings. The Labute approximate surface area is 158 Å². The van der Waals surface area contributed by atoms with Gasteiger partial charge in [0.2, 0.25) is 10.0 Å². The van der Waals surface area contributed by atoms with Gasteiger partial charge < -0.3 is 10.1 Å². The molecule has 0 spiro atoms. The zero-order chi connectivity index (χ0) is 20.0. The number of benzene rings is 2. The molecule has 0 aromatic heterocycles. The Morgan fingerprint density at radius 1 is 1.00 bits per heavy atom. The van der Waals surface area contributed by atoms with Crippen molar-refractivity contribution in [2.24, 2.45) is 0 Å². The number of nitrogens with zero attached hydrogens (tertiary/aromatic N) is 1. The van der Waals surface area contributed by atoms with Crippen molar-refractivity contribution >= 4 is 33.4 Å². The minimum absolute atomic E-state index is 0.0722. The van der Waals surface area contributed by atoms with Crippen LogP contribution in [-0.2, 0) is 14.8 Å². The van der Waals surface area contributed by atoms with Crippen LogP contribution in [0, 0.1) is 0 Å². The van der Waals surface area contributed by atoms with E-state index in [1.54, 1.807) is 37.3 Å². The average Bonchev–Trinajstić information content (AvgIpc) is 2.62. The van der Waals surface area contributed by atoms with Gasteiger partial charge in [-0.25, -0.2) is 17.5 Å². The van der Waals surface area contributed by atoms with Crippen LogP contribution in [0.1, 0.15) is 17.3 Å². The molecule has 0 saturated heterocycles. The Kier molecular flexibility index (Phi) is 6.54. The number of carbonyl (C=O) groups excluding carboxylic acids is 2. The highest BCUT2D eigenvalue weighted by atomic mass is 32.2. The summed E-state index contributed by atoms with van der Waals surface area (Å²) in [6, 6.07) is 12.3. The van der Waals surface area contributed by atoms with E-state index in [0.29, 0.717) is 16.9 Å². The van der Waals surface area contributed by atoms with Gasteiger partial charge >= 0.3 is 6.09 Å². The van der Waals surface area contributed by atoms with Gasteiger partial charge in [-0.1, -0.05) is 12.1 Å². The Hall–Kier alpha value is -2.91. The largest absolute Gasteiger partial charge is 0.450 e. The Balaban J connectivity index is 2.17. The zero-order valence-electron chi connectivity index (χ0n) is 15.2. The maximum atomic E-state index is 12.5. The number of ether oxygens (including phenoxy) is 1. The number of carbonyl (C=O) groups is 2. The van der Waals surface area contributed by atoms with E-state index < -0.39 is 22.0 Å². The summed E-state index contributed by atoms with van der Waals surface area (Å²) in [6.45, 7) is 1.92. The van der Waals surface area contributed by atoms with Crippen molar-refractivity contribution in [2.75, 3.05) is 31.3 Å². The van der Waals surface area contributed by atoms with E-state index in [4.69, 9.17) is 4.74 Å². The van der Waals surface area contributed by atoms with Crippen LogP contribution in [0.2, 0.25) is 0 Å². The molecule has 0 heterocycles. The Morgan fingerprint density at radius 3 is 2.26 bits per heavy atom. The molecule has 0 radical (unpaired) electrons. The summed E-state index contributed by atoms with van der Waals surface area (Å²) in [5.74, 6) is -0.443. The Bertz CT molecular complexity index is 942. The number of anilines is 2. The highest BCUT2D eigenvalue weighted by Gasteiger charge is 2.18. The van der Waals surface area contributed by atoms with E-state index in [0.717, 1.165) is 4.31 Å². The molecular weight excluding hydrogens is 370 g/mol. The summed E-state index contributed by atoms with van der Waals surface area (Å²) in [4.78, 5) is 24.0. The minimum Gasteiger partial charge on any atom is -0.450 e. The molecule has 0 saturated carbocycles. The monoisotopic (exact) mass is 391 g/mol. The molecule has 2 N–H and O–H groups in total. The summed E-state index contributed by atoms with van der Waals surface area (Å²) in [5.41, 5.74) is 1.04. The third-order valence-corrected chi connectivity index (χ3v) is 5.33. The van der Waals surface area contributed by atoms with Gasteiger partial charge in [-0.3, -0.25) is 10.1 Å². The fourth-order valence-corrected chi connectivity index (χ4v) is 3.12. The predicted octanol–water partition coefficient (Wildman–Crippen LogP) is 2.76. The molecule has 0 unspecified atom stereocenters. The lowest BCUT2D eigenvalue weighted by Gasteiger charge is -2.13. The smallest absolute Gasteiger partial charge is 0.411 e. The first-order chi connectivity index (χ1) is 12.7. The third kappa shape index (κ3) is 5.28. The minimum atomic E-state index is -3.60. The van der Waals surface area contributed by atoms with Gasteiger partial charge in [0.15, 0.2) is 0 Å². The van der Waals surface area contributed by atoms with Crippen LogP contribution in [0.4, 0.5) is 16.2 Å². The summed E-state index contributed by atoms with van der Waals surface area (Å²) in [6.07, 6.45) is -0.614. The number of amides is 2. The molecule has 2 aromatic carbocycles. The average molecular weight is 391 g/mol. The van der Waals surface area contributed by atoms with Crippen LogP contribution < -0.4 is 10.6 Å². The maximum absolute atomic E-state index is 12.5. The maximum Gasteiger partial charge on any atom is 0.411 e. The topological polar surface area (TPSA) is 105 Å². The van der Waals surface area contributed by atoms with E-state index in [1.165, 1.54) is 32.3 Å². The van der Waals surface area contributed by atoms with Crippen LogP contribution in [0.5, 0.6) is 0 Å². The molecule has 2 amide bonds. The lowest BCUT2D eigenvalue weighted by molar-refractivity contribution is 0.102. The van der Waals surface area contributed by atoms with E-state index in [2.05, 4.69) is 10.6 Å². The van der Waals surface area contributed by atoms with Gasteiger partial charge in [0, 0.05) is 31.0 Å². The second-order valence-corrected chi connectivity index (χ2v) is 7.85. The lowest BCUT2D eigenvalue weighted by Crippen LogP contribution is -2.22. The molecule has 2 rings (SSSR count). The molecule has 0 aliphatic rings. The standard InChI is InChI=1S/C18H21N3O5S/c1-4-26-18(23)20-14-8-5-7-13(11-14)17(22)19-15-9-6-10-16(12-15)27(24,25)21(2)3/h5-12H,4H2,1-3H3,(H,19,22)(H,20,23). The number of hydrogen-bond donors (Lipinski definition) is 2. The van der Waals surface area contributed by atoms with Crippen molar-refractivity contribution in [2.45, 2.75) is 11.8 Å². The van der Waals surface area contributed by atoms with Crippen molar-refractivity contribution in [3.05, 3.63) is 54.1 Å². The third-order valence-electron chi connectivity index (χ3n) is 3.52. The van der Waals surface area contributed by atoms with E-state index in [1.807, 2.05) is 0 Å². The van der Waals surface area contributed by atoms with Gasteiger partial charge in [0.25, 0.3) is 5.91 Å². The summed E-state index contributed by atoms with van der Waals surface area (Å²) < 4.78 is 30.3. The van der Waals surface area contributed by atoms with Crippen molar-refractivity contribution in [1.82, 2.24) is 4.31 Å². The van der Waals surface area contributed by atoms with Crippen LogP contribution in [0.15, 0.2) is 53.4 Å². The number of rotatable bonds is 6. The predicted molar refractivity (Wildman–Crippen MR) is 102 cm³/mol. The number of nitrogens with one attached hydrogen (secondary N) is 2. The molecule has 9 heteroatoms. The van der Waals surface area contributed by atoms with E-state index >= 15 is 0 Å². The van der Waals surface area contributed by atoms with Gasteiger partial charge in [-0.2, -0.15) is 0 Å².